The Bertz CT molecular complexity index is 1660. The largest absolute Gasteiger partial charge is 0.354 e. The number of sulfonamides is 1. The molecule has 45 heavy (non-hydrogen) atoms. The number of amides is 2. The molecular weight excluding hydrogens is 589 g/mol. The van der Waals surface area contributed by atoms with Gasteiger partial charge in [0, 0.05) is 32.0 Å². The fourth-order valence-electron chi connectivity index (χ4n) is 5.15. The first-order chi connectivity index (χ1) is 21.8. The van der Waals surface area contributed by atoms with Crippen molar-refractivity contribution in [3.63, 3.8) is 0 Å². The van der Waals surface area contributed by atoms with Crippen molar-refractivity contribution in [3.8, 4) is 0 Å². The number of hydrogen-bond donors (Lipinski definition) is 2. The van der Waals surface area contributed by atoms with Gasteiger partial charge in [0.25, 0.3) is 0 Å². The summed E-state index contributed by atoms with van der Waals surface area (Å²) in [5.74, 6) is -0.873. The summed E-state index contributed by atoms with van der Waals surface area (Å²) in [6.07, 6.45) is 3.14. The van der Waals surface area contributed by atoms with Gasteiger partial charge in [-0.05, 0) is 72.2 Å². The van der Waals surface area contributed by atoms with Gasteiger partial charge in [0.15, 0.2) is 0 Å². The molecule has 1 fully saturated rings. The molecule has 4 aromatic rings. The summed E-state index contributed by atoms with van der Waals surface area (Å²) >= 11 is 0. The Morgan fingerprint density at radius 2 is 1.33 bits per heavy atom. The highest BCUT2D eigenvalue weighted by Gasteiger charge is 2.31. The van der Waals surface area contributed by atoms with E-state index in [1.807, 2.05) is 60.7 Å². The number of carbonyl (C=O) groups excluding carboxylic acids is 2. The van der Waals surface area contributed by atoms with Gasteiger partial charge < -0.3 is 10.2 Å². The minimum Gasteiger partial charge on any atom is -0.354 e. The Labute approximate surface area is 264 Å². The van der Waals surface area contributed by atoms with Crippen LogP contribution in [-0.2, 0) is 45.4 Å². The van der Waals surface area contributed by atoms with Crippen molar-refractivity contribution in [1.29, 1.82) is 0 Å². The van der Waals surface area contributed by atoms with Crippen molar-refractivity contribution < 1.29 is 22.4 Å². The van der Waals surface area contributed by atoms with Gasteiger partial charge in [-0.3, -0.25) is 9.59 Å². The zero-order valence-electron chi connectivity index (χ0n) is 25.1. The summed E-state index contributed by atoms with van der Waals surface area (Å²) in [5.41, 5.74) is 3.52. The van der Waals surface area contributed by atoms with E-state index < -0.39 is 16.1 Å². The summed E-state index contributed by atoms with van der Waals surface area (Å²) in [6.45, 7) is 0.546. The lowest BCUT2D eigenvalue weighted by Crippen LogP contribution is -2.50. The Hall–Kier alpha value is -4.34. The maximum Gasteiger partial charge on any atom is 0.243 e. The van der Waals surface area contributed by atoms with Gasteiger partial charge in [0.2, 0.25) is 21.8 Å². The highest BCUT2D eigenvalue weighted by molar-refractivity contribution is 7.89. The average Bonchev–Trinajstić information content (AvgIpc) is 3.87. The van der Waals surface area contributed by atoms with Crippen LogP contribution in [0, 0.1) is 5.82 Å². The van der Waals surface area contributed by atoms with Gasteiger partial charge >= 0.3 is 0 Å². The molecule has 0 heterocycles. The lowest BCUT2D eigenvalue weighted by Gasteiger charge is -2.32. The normalized spacial score (nSPS) is 13.6. The molecule has 0 aromatic heterocycles. The SMILES string of the molecule is O=C(NCCc1ccccc1)[C@H](Cc1ccccc1)N(Cc1ccc(F)cc1)C(=O)CCc1ccc(S(=O)(=O)NC2CC2)cc1. The number of rotatable bonds is 15. The molecule has 1 aliphatic carbocycles. The second-order valence-electron chi connectivity index (χ2n) is 11.4. The first kappa shape index (κ1) is 32.1. The van der Waals surface area contributed by atoms with Crippen LogP contribution in [-0.4, -0.2) is 43.8 Å². The molecule has 1 aliphatic rings. The first-order valence-corrected chi connectivity index (χ1v) is 16.8. The monoisotopic (exact) mass is 627 g/mol. The fourth-order valence-corrected chi connectivity index (χ4v) is 6.46. The van der Waals surface area contributed by atoms with Gasteiger partial charge in [-0.25, -0.2) is 17.5 Å². The number of carbonyl (C=O) groups is 2. The fraction of sp³-hybridized carbons (Fsp3) is 0.278. The lowest BCUT2D eigenvalue weighted by molar-refractivity contribution is -0.141. The number of benzene rings is 4. The highest BCUT2D eigenvalue weighted by atomic mass is 32.2. The van der Waals surface area contributed by atoms with E-state index in [-0.39, 0.29) is 41.5 Å². The quantitative estimate of drug-likeness (QED) is 0.190. The van der Waals surface area contributed by atoms with Crippen LogP contribution < -0.4 is 10.0 Å². The van der Waals surface area contributed by atoms with Crippen LogP contribution in [0.3, 0.4) is 0 Å². The molecule has 2 amide bonds. The molecular formula is C36H38FN3O4S. The van der Waals surface area contributed by atoms with Crippen LogP contribution in [0.2, 0.25) is 0 Å². The van der Waals surface area contributed by atoms with Crippen LogP contribution >= 0.6 is 0 Å². The molecule has 0 radical (unpaired) electrons. The van der Waals surface area contributed by atoms with Crippen LogP contribution in [0.1, 0.15) is 41.5 Å². The third kappa shape index (κ3) is 9.57. The molecule has 1 saturated carbocycles. The van der Waals surface area contributed by atoms with Crippen LogP contribution in [0.4, 0.5) is 4.39 Å². The van der Waals surface area contributed by atoms with Crippen molar-refractivity contribution >= 4 is 21.8 Å². The molecule has 0 aliphatic heterocycles. The molecule has 2 N–H and O–H groups in total. The van der Waals surface area contributed by atoms with Crippen molar-refractivity contribution in [2.75, 3.05) is 6.54 Å². The Morgan fingerprint density at radius 3 is 1.96 bits per heavy atom. The van der Waals surface area contributed by atoms with E-state index in [1.165, 1.54) is 12.1 Å². The van der Waals surface area contributed by atoms with E-state index in [2.05, 4.69) is 10.0 Å². The van der Waals surface area contributed by atoms with E-state index >= 15 is 0 Å². The summed E-state index contributed by atoms with van der Waals surface area (Å²) < 4.78 is 41.5. The van der Waals surface area contributed by atoms with Crippen LogP contribution in [0.25, 0.3) is 0 Å². The molecule has 9 heteroatoms. The third-order valence-corrected chi connectivity index (χ3v) is 9.39. The first-order valence-electron chi connectivity index (χ1n) is 15.3. The second kappa shape index (κ2) is 15.1. The number of nitrogens with zero attached hydrogens (tertiary/aromatic N) is 1. The summed E-state index contributed by atoms with van der Waals surface area (Å²) in [6, 6.07) is 31.1. The highest BCUT2D eigenvalue weighted by Crippen LogP contribution is 2.23. The van der Waals surface area contributed by atoms with E-state index in [0.717, 1.165) is 29.5 Å². The van der Waals surface area contributed by atoms with Crippen molar-refractivity contribution in [3.05, 3.63) is 137 Å². The second-order valence-corrected chi connectivity index (χ2v) is 13.1. The van der Waals surface area contributed by atoms with Crippen molar-refractivity contribution in [1.82, 2.24) is 14.9 Å². The van der Waals surface area contributed by atoms with Gasteiger partial charge in [-0.1, -0.05) is 84.9 Å². The van der Waals surface area contributed by atoms with Crippen molar-refractivity contribution in [2.24, 2.45) is 0 Å². The van der Waals surface area contributed by atoms with Gasteiger partial charge in [0.05, 0.1) is 4.90 Å². The smallest absolute Gasteiger partial charge is 0.243 e. The summed E-state index contributed by atoms with van der Waals surface area (Å²) in [7, 11) is -3.57. The molecule has 4 aromatic carbocycles. The van der Waals surface area contributed by atoms with Gasteiger partial charge in [-0.2, -0.15) is 0 Å². The van der Waals surface area contributed by atoms with Gasteiger partial charge in [-0.15, -0.1) is 0 Å². The van der Waals surface area contributed by atoms with Crippen LogP contribution in [0.15, 0.2) is 114 Å². The molecule has 0 spiro atoms. The predicted molar refractivity (Wildman–Crippen MR) is 172 cm³/mol. The number of halogens is 1. The molecule has 0 bridgehead atoms. The maximum atomic E-state index is 13.9. The third-order valence-electron chi connectivity index (χ3n) is 7.85. The number of hydrogen-bond acceptors (Lipinski definition) is 4. The van der Waals surface area contributed by atoms with Crippen LogP contribution in [0.5, 0.6) is 0 Å². The molecule has 234 valence electrons. The summed E-state index contributed by atoms with van der Waals surface area (Å²) in [4.78, 5) is 29.5. The lowest BCUT2D eigenvalue weighted by atomic mass is 10.0. The summed E-state index contributed by atoms with van der Waals surface area (Å²) in [5, 5.41) is 3.04. The molecule has 1 atom stereocenters. The van der Waals surface area contributed by atoms with E-state index in [0.29, 0.717) is 31.4 Å². The Kier molecular flexibility index (Phi) is 10.8. The minimum atomic E-state index is -3.57. The van der Waals surface area contributed by atoms with E-state index in [4.69, 9.17) is 0 Å². The molecule has 7 nitrogen and oxygen atoms in total. The van der Waals surface area contributed by atoms with E-state index in [9.17, 15) is 22.4 Å². The standard InChI is InChI=1S/C36H38FN3O4S/c37-31-16-11-30(12-17-31)26-40(35(41)22-15-28-13-20-33(21-14-28)45(43,44)39-32-18-19-32)34(25-29-9-5-2-6-10-29)36(42)38-24-23-27-7-3-1-4-8-27/h1-14,16-17,20-21,32,34,39H,15,18-19,22-26H2,(H,38,42)/t34-/m0/s1. The Morgan fingerprint density at radius 1 is 0.756 bits per heavy atom. The zero-order chi connectivity index (χ0) is 31.6. The minimum absolute atomic E-state index is 0.0127. The zero-order valence-corrected chi connectivity index (χ0v) is 25.9. The predicted octanol–water partition coefficient (Wildman–Crippen LogP) is 5.20. The topological polar surface area (TPSA) is 95.6 Å². The average molecular weight is 628 g/mol. The molecule has 0 saturated heterocycles. The molecule has 5 rings (SSSR count). The number of nitrogens with one attached hydrogen (secondary N) is 2. The maximum absolute atomic E-state index is 13.9. The molecule has 0 unspecified atom stereocenters. The number of aryl methyl sites for hydroxylation is 1. The Balaban J connectivity index is 1.33. The van der Waals surface area contributed by atoms with Gasteiger partial charge in [0.1, 0.15) is 11.9 Å². The van der Waals surface area contributed by atoms with Crippen molar-refractivity contribution in [2.45, 2.75) is 62.0 Å². The van der Waals surface area contributed by atoms with E-state index in [1.54, 1.807) is 41.3 Å².